The van der Waals surface area contributed by atoms with E-state index in [1.54, 1.807) is 12.4 Å². The zero-order chi connectivity index (χ0) is 9.45. The number of halogens is 1. The summed E-state index contributed by atoms with van der Waals surface area (Å²) in [5, 5.41) is 0. The third kappa shape index (κ3) is 9.31. The van der Waals surface area contributed by atoms with Gasteiger partial charge in [-0.05, 0) is 12.1 Å². The van der Waals surface area contributed by atoms with E-state index in [-0.39, 0.29) is 0 Å². The van der Waals surface area contributed by atoms with Crippen molar-refractivity contribution in [1.29, 1.82) is 0 Å². The molecule has 0 aromatic carbocycles. The summed E-state index contributed by atoms with van der Waals surface area (Å²) >= 11 is 4.14. The molecule has 0 fully saturated rings. The largest absolute Gasteiger partial charge is 0.413 e. The first-order chi connectivity index (χ1) is 5.56. The summed E-state index contributed by atoms with van der Waals surface area (Å²) in [6.07, 6.45) is 3.50. The SMILES string of the molecule is O=S(=O)(O)OCl.c1ccncc1. The summed E-state index contributed by atoms with van der Waals surface area (Å²) in [5.41, 5.74) is 0. The molecule has 68 valence electrons. The maximum Gasteiger partial charge on any atom is 0.413 e. The van der Waals surface area contributed by atoms with Gasteiger partial charge in [0, 0.05) is 12.4 Å². The van der Waals surface area contributed by atoms with E-state index in [4.69, 9.17) is 4.55 Å². The maximum absolute atomic E-state index is 9.20. The lowest BCUT2D eigenvalue weighted by molar-refractivity contribution is 0.400. The minimum atomic E-state index is -4.40. The van der Waals surface area contributed by atoms with E-state index in [0.717, 1.165) is 0 Å². The molecule has 1 aromatic heterocycles. The molecule has 7 heteroatoms. The lowest BCUT2D eigenvalue weighted by Crippen LogP contribution is -1.92. The van der Waals surface area contributed by atoms with E-state index < -0.39 is 10.4 Å². The highest BCUT2D eigenvalue weighted by Crippen LogP contribution is 1.86. The molecule has 5 nitrogen and oxygen atoms in total. The van der Waals surface area contributed by atoms with Crippen LogP contribution < -0.4 is 0 Å². The van der Waals surface area contributed by atoms with Crippen LogP contribution in [0.3, 0.4) is 0 Å². The first kappa shape index (κ1) is 11.3. The molecule has 1 rings (SSSR count). The molecule has 0 bridgehead atoms. The first-order valence-corrected chi connectivity index (χ1v) is 4.36. The first-order valence-electron chi connectivity index (χ1n) is 2.69. The highest BCUT2D eigenvalue weighted by Gasteiger charge is 1.97. The number of rotatable bonds is 1. The Morgan fingerprint density at radius 3 is 1.75 bits per heavy atom. The highest BCUT2D eigenvalue weighted by atomic mass is 35.5. The van der Waals surface area contributed by atoms with Gasteiger partial charge in [0.05, 0.1) is 11.9 Å². The van der Waals surface area contributed by atoms with Crippen LogP contribution in [-0.2, 0) is 14.1 Å². The summed E-state index contributed by atoms with van der Waals surface area (Å²) in [5.74, 6) is 0. The van der Waals surface area contributed by atoms with Crippen molar-refractivity contribution in [3.05, 3.63) is 30.6 Å². The second kappa shape index (κ2) is 5.90. The predicted molar refractivity (Wildman–Crippen MR) is 42.7 cm³/mol. The minimum Gasteiger partial charge on any atom is -0.265 e. The van der Waals surface area contributed by atoms with Gasteiger partial charge in [-0.2, -0.15) is 8.42 Å². The van der Waals surface area contributed by atoms with Gasteiger partial charge in [-0.1, -0.05) is 6.07 Å². The Hall–Kier alpha value is -0.690. The number of hydrogen-bond donors (Lipinski definition) is 1. The molecule has 0 atom stereocenters. The van der Waals surface area contributed by atoms with E-state index in [1.807, 2.05) is 18.2 Å². The lowest BCUT2D eigenvalue weighted by Gasteiger charge is -1.77. The maximum atomic E-state index is 9.20. The molecule has 0 unspecified atom stereocenters. The average molecular weight is 212 g/mol. The van der Waals surface area contributed by atoms with Crippen LogP contribution in [0.5, 0.6) is 0 Å². The fourth-order valence-corrected chi connectivity index (χ4v) is 0.313. The van der Waals surface area contributed by atoms with Crippen molar-refractivity contribution in [3.63, 3.8) is 0 Å². The van der Waals surface area contributed by atoms with Crippen LogP contribution in [0.25, 0.3) is 0 Å². The second-order valence-electron chi connectivity index (χ2n) is 1.52. The predicted octanol–water partition coefficient (Wildman–Crippen LogP) is 1.04. The quantitative estimate of drug-likeness (QED) is 0.703. The zero-order valence-corrected chi connectivity index (χ0v) is 7.36. The molecule has 1 heterocycles. The standard InChI is InChI=1S/C5H5N.ClHO4S/c1-2-4-6-5-3-1;1-5-6(2,3)4/h1-5H;(H,2,3,4). The van der Waals surface area contributed by atoms with Crippen LogP contribution >= 0.6 is 11.9 Å². The number of hydrogen-bond acceptors (Lipinski definition) is 4. The van der Waals surface area contributed by atoms with Crippen molar-refractivity contribution >= 4 is 22.3 Å². The van der Waals surface area contributed by atoms with Gasteiger partial charge in [-0.3, -0.25) is 9.54 Å². The van der Waals surface area contributed by atoms with Gasteiger partial charge in [-0.15, -0.1) is 3.74 Å². The lowest BCUT2D eigenvalue weighted by atomic mass is 10.5. The highest BCUT2D eigenvalue weighted by molar-refractivity contribution is 7.81. The van der Waals surface area contributed by atoms with Gasteiger partial charge in [0.2, 0.25) is 0 Å². The van der Waals surface area contributed by atoms with Crippen molar-refractivity contribution in [2.45, 2.75) is 0 Å². The fraction of sp³-hybridized carbons (Fsp3) is 0. The molecule has 1 aromatic rings. The topological polar surface area (TPSA) is 76.5 Å². The summed E-state index contributed by atoms with van der Waals surface area (Å²) < 4.78 is 28.8. The van der Waals surface area contributed by atoms with Crippen LogP contribution in [0.1, 0.15) is 0 Å². The van der Waals surface area contributed by atoms with E-state index in [0.29, 0.717) is 0 Å². The average Bonchev–Trinajstić information content (AvgIpc) is 2.07. The van der Waals surface area contributed by atoms with Gasteiger partial charge in [-0.25, -0.2) is 0 Å². The van der Waals surface area contributed by atoms with Crippen molar-refractivity contribution < 1.29 is 16.7 Å². The zero-order valence-electron chi connectivity index (χ0n) is 5.79. The Balaban J connectivity index is 0.000000202. The third-order valence-corrected chi connectivity index (χ3v) is 1.28. The second-order valence-corrected chi connectivity index (χ2v) is 2.87. The van der Waals surface area contributed by atoms with Crippen LogP contribution in [0, 0.1) is 0 Å². The summed E-state index contributed by atoms with van der Waals surface area (Å²) in [6.45, 7) is 0. The van der Waals surface area contributed by atoms with Crippen molar-refractivity contribution in [1.82, 2.24) is 4.98 Å². The Morgan fingerprint density at radius 1 is 1.25 bits per heavy atom. The molecule has 0 saturated carbocycles. The normalized spacial score (nSPS) is 9.83. The Bertz CT molecular complexity index is 261. The summed E-state index contributed by atoms with van der Waals surface area (Å²) in [6, 6.07) is 5.72. The van der Waals surface area contributed by atoms with Crippen LogP contribution in [0.2, 0.25) is 0 Å². The molecule has 0 aliphatic carbocycles. The molecule has 0 saturated heterocycles. The van der Waals surface area contributed by atoms with Gasteiger partial charge >= 0.3 is 10.4 Å². The number of nitrogens with zero attached hydrogens (tertiary/aromatic N) is 1. The monoisotopic (exact) mass is 211 g/mol. The molecule has 12 heavy (non-hydrogen) atoms. The molecule has 0 aliphatic rings. The van der Waals surface area contributed by atoms with Crippen LogP contribution in [-0.4, -0.2) is 18.0 Å². The Labute approximate surface area is 75.1 Å². The van der Waals surface area contributed by atoms with Gasteiger partial charge in [0.25, 0.3) is 0 Å². The van der Waals surface area contributed by atoms with Crippen LogP contribution in [0.4, 0.5) is 0 Å². The van der Waals surface area contributed by atoms with Crippen molar-refractivity contribution in [2.24, 2.45) is 0 Å². The molecule has 0 spiro atoms. The fourth-order valence-electron chi connectivity index (χ4n) is 0.313. The van der Waals surface area contributed by atoms with Gasteiger partial charge in [0.15, 0.2) is 0 Å². The number of aromatic nitrogens is 1. The van der Waals surface area contributed by atoms with Crippen LogP contribution in [0.15, 0.2) is 30.6 Å². The molecular weight excluding hydrogens is 206 g/mol. The Kier molecular flexibility index (Phi) is 5.56. The van der Waals surface area contributed by atoms with E-state index in [9.17, 15) is 8.42 Å². The summed E-state index contributed by atoms with van der Waals surface area (Å²) in [7, 11) is -4.40. The van der Waals surface area contributed by atoms with Gasteiger partial charge < -0.3 is 0 Å². The molecule has 1 N–H and O–H groups in total. The Morgan fingerprint density at radius 2 is 1.67 bits per heavy atom. The smallest absolute Gasteiger partial charge is 0.265 e. The molecular formula is C5H6ClNO4S. The molecule has 0 radical (unpaired) electrons. The van der Waals surface area contributed by atoms with E-state index >= 15 is 0 Å². The molecule has 0 aliphatic heterocycles. The van der Waals surface area contributed by atoms with Crippen molar-refractivity contribution in [3.8, 4) is 0 Å². The molecule has 0 amide bonds. The van der Waals surface area contributed by atoms with Gasteiger partial charge in [0.1, 0.15) is 0 Å². The minimum absolute atomic E-state index is 1.75. The summed E-state index contributed by atoms with van der Waals surface area (Å²) in [4.78, 5) is 3.78. The van der Waals surface area contributed by atoms with E-state index in [2.05, 4.69) is 20.6 Å². The van der Waals surface area contributed by atoms with Crippen molar-refractivity contribution in [2.75, 3.05) is 0 Å². The third-order valence-electron chi connectivity index (χ3n) is 0.646. The van der Waals surface area contributed by atoms with E-state index in [1.165, 1.54) is 0 Å². The number of pyridine rings is 1.